The number of rotatable bonds is 6. The number of carbonyl (C=O) groups is 1. The lowest BCUT2D eigenvalue weighted by Gasteiger charge is -2.41. The maximum atomic E-state index is 12.9. The first-order valence-corrected chi connectivity index (χ1v) is 12.8. The van der Waals surface area contributed by atoms with Gasteiger partial charge in [0.2, 0.25) is 0 Å². The van der Waals surface area contributed by atoms with Gasteiger partial charge in [-0.1, -0.05) is 24.6 Å². The molecule has 8 heteroatoms. The Morgan fingerprint density at radius 3 is 2.34 bits per heavy atom. The van der Waals surface area contributed by atoms with Crippen LogP contribution < -0.4 is 9.62 Å². The molecule has 32 heavy (non-hydrogen) atoms. The minimum atomic E-state index is -3.89. The SMILES string of the molecule is Cc1ccccc1S(=O)(=O)Nc1ccc(N2CCC(N3CCCCC3)CC2)cc1C(=O)O. The van der Waals surface area contributed by atoms with E-state index in [1.54, 1.807) is 37.3 Å². The minimum Gasteiger partial charge on any atom is -0.478 e. The van der Waals surface area contributed by atoms with Crippen LogP contribution in [0.2, 0.25) is 0 Å². The van der Waals surface area contributed by atoms with Crippen LogP contribution >= 0.6 is 0 Å². The second-order valence-corrected chi connectivity index (χ2v) is 10.4. The highest BCUT2D eigenvalue weighted by Gasteiger charge is 2.27. The zero-order chi connectivity index (χ0) is 22.7. The van der Waals surface area contributed by atoms with Crippen LogP contribution in [0.4, 0.5) is 11.4 Å². The number of aromatic carboxylic acids is 1. The van der Waals surface area contributed by atoms with Crippen LogP contribution in [0.3, 0.4) is 0 Å². The van der Waals surface area contributed by atoms with Gasteiger partial charge in [-0.2, -0.15) is 0 Å². The molecule has 0 radical (unpaired) electrons. The second-order valence-electron chi connectivity index (χ2n) is 8.72. The van der Waals surface area contributed by atoms with Crippen molar-refractivity contribution in [3.63, 3.8) is 0 Å². The van der Waals surface area contributed by atoms with Crippen LogP contribution in [0, 0.1) is 6.92 Å². The van der Waals surface area contributed by atoms with Crippen molar-refractivity contribution in [2.24, 2.45) is 0 Å². The molecule has 2 aliphatic heterocycles. The van der Waals surface area contributed by atoms with Crippen molar-refractivity contribution in [2.45, 2.75) is 50.0 Å². The largest absolute Gasteiger partial charge is 0.478 e. The van der Waals surface area contributed by atoms with Gasteiger partial charge in [0.25, 0.3) is 10.0 Å². The molecule has 0 aliphatic carbocycles. The molecule has 2 aromatic rings. The van der Waals surface area contributed by atoms with E-state index in [1.165, 1.54) is 38.4 Å². The number of piperidine rings is 2. The van der Waals surface area contributed by atoms with E-state index in [-0.39, 0.29) is 16.1 Å². The first-order chi connectivity index (χ1) is 15.3. The summed E-state index contributed by atoms with van der Waals surface area (Å²) in [5.74, 6) is -1.16. The van der Waals surface area contributed by atoms with Crippen molar-refractivity contribution >= 4 is 27.4 Å². The van der Waals surface area contributed by atoms with Gasteiger partial charge in [-0.25, -0.2) is 13.2 Å². The molecular weight excluding hydrogens is 426 g/mol. The molecule has 2 saturated heterocycles. The highest BCUT2D eigenvalue weighted by molar-refractivity contribution is 7.92. The predicted octanol–water partition coefficient (Wildman–Crippen LogP) is 3.95. The van der Waals surface area contributed by atoms with E-state index < -0.39 is 16.0 Å². The molecule has 2 aromatic carbocycles. The predicted molar refractivity (Wildman–Crippen MR) is 126 cm³/mol. The van der Waals surface area contributed by atoms with Crippen molar-refractivity contribution in [1.82, 2.24) is 4.90 Å². The van der Waals surface area contributed by atoms with Crippen LogP contribution in [0.1, 0.15) is 48.0 Å². The maximum absolute atomic E-state index is 12.9. The topological polar surface area (TPSA) is 90.0 Å². The summed E-state index contributed by atoms with van der Waals surface area (Å²) in [6.07, 6.45) is 6.01. The average Bonchev–Trinajstić information content (AvgIpc) is 2.80. The standard InChI is InChI=1S/C24H31N3O4S/c1-18-7-3-4-8-23(18)32(30,31)25-22-10-9-20(17-21(22)24(28)29)27-15-11-19(12-16-27)26-13-5-2-6-14-26/h3-4,7-10,17,19,25H,2,5-6,11-16H2,1H3,(H,28,29). The molecule has 0 unspecified atom stereocenters. The van der Waals surface area contributed by atoms with E-state index in [0.29, 0.717) is 11.6 Å². The Hall–Kier alpha value is -2.58. The molecule has 172 valence electrons. The molecule has 0 saturated carbocycles. The van der Waals surface area contributed by atoms with Gasteiger partial charge in [-0.05, 0) is 75.5 Å². The van der Waals surface area contributed by atoms with Crippen LogP contribution in [-0.2, 0) is 10.0 Å². The lowest BCUT2D eigenvalue weighted by molar-refractivity contribution is 0.0698. The molecule has 2 aliphatic rings. The Bertz CT molecular complexity index is 1070. The van der Waals surface area contributed by atoms with E-state index in [2.05, 4.69) is 14.5 Å². The van der Waals surface area contributed by atoms with Crippen LogP contribution in [-0.4, -0.2) is 56.6 Å². The fraction of sp³-hybridized carbons (Fsp3) is 0.458. The fourth-order valence-electron chi connectivity index (χ4n) is 4.83. The summed E-state index contributed by atoms with van der Waals surface area (Å²) in [4.78, 5) is 16.9. The van der Waals surface area contributed by atoms with E-state index in [4.69, 9.17) is 0 Å². The van der Waals surface area contributed by atoms with E-state index in [0.717, 1.165) is 31.6 Å². The summed E-state index contributed by atoms with van der Waals surface area (Å²) in [5.41, 5.74) is 1.45. The third-order valence-electron chi connectivity index (χ3n) is 6.60. The number of nitrogens with zero attached hydrogens (tertiary/aromatic N) is 2. The lowest BCUT2D eigenvalue weighted by atomic mass is 9.99. The third kappa shape index (κ3) is 4.91. The summed E-state index contributed by atoms with van der Waals surface area (Å²) in [6, 6.07) is 12.2. The van der Waals surface area contributed by atoms with Gasteiger partial charge in [0.1, 0.15) is 0 Å². The van der Waals surface area contributed by atoms with Gasteiger partial charge in [0, 0.05) is 24.8 Å². The number of aryl methyl sites for hydroxylation is 1. The van der Waals surface area contributed by atoms with Gasteiger partial charge in [0.05, 0.1) is 16.1 Å². The molecule has 0 aromatic heterocycles. The summed E-state index contributed by atoms with van der Waals surface area (Å²) >= 11 is 0. The number of likely N-dealkylation sites (tertiary alicyclic amines) is 1. The zero-order valence-electron chi connectivity index (χ0n) is 18.5. The number of benzene rings is 2. The van der Waals surface area contributed by atoms with Crippen molar-refractivity contribution < 1.29 is 18.3 Å². The monoisotopic (exact) mass is 457 g/mol. The molecular formula is C24H31N3O4S. The second kappa shape index (κ2) is 9.50. The number of sulfonamides is 1. The van der Waals surface area contributed by atoms with Gasteiger partial charge in [-0.3, -0.25) is 4.72 Å². The fourth-order valence-corrected chi connectivity index (χ4v) is 6.15. The molecule has 2 N–H and O–H groups in total. The summed E-state index contributed by atoms with van der Waals surface area (Å²) in [6.45, 7) is 5.82. The number of carboxylic acids is 1. The number of hydrogen-bond acceptors (Lipinski definition) is 5. The van der Waals surface area contributed by atoms with Crippen molar-refractivity contribution in [1.29, 1.82) is 0 Å². The van der Waals surface area contributed by atoms with E-state index in [1.807, 2.05) is 6.07 Å². The molecule has 0 amide bonds. The smallest absolute Gasteiger partial charge is 0.337 e. The van der Waals surface area contributed by atoms with Crippen molar-refractivity contribution in [3.8, 4) is 0 Å². The number of hydrogen-bond donors (Lipinski definition) is 2. The van der Waals surface area contributed by atoms with Crippen LogP contribution in [0.5, 0.6) is 0 Å². The summed E-state index contributed by atoms with van der Waals surface area (Å²) < 4.78 is 28.2. The molecule has 0 bridgehead atoms. The normalized spacial score (nSPS) is 18.5. The Morgan fingerprint density at radius 1 is 1.00 bits per heavy atom. The third-order valence-corrected chi connectivity index (χ3v) is 8.12. The lowest BCUT2D eigenvalue weighted by Crippen LogP contribution is -2.46. The van der Waals surface area contributed by atoms with E-state index in [9.17, 15) is 18.3 Å². The molecule has 7 nitrogen and oxygen atoms in total. The number of anilines is 2. The number of nitrogens with one attached hydrogen (secondary N) is 1. The Balaban J connectivity index is 1.50. The molecule has 4 rings (SSSR count). The first kappa shape index (κ1) is 22.6. The van der Waals surface area contributed by atoms with Gasteiger partial charge < -0.3 is 14.9 Å². The van der Waals surface area contributed by atoms with Gasteiger partial charge in [0.15, 0.2) is 0 Å². The van der Waals surface area contributed by atoms with Gasteiger partial charge >= 0.3 is 5.97 Å². The van der Waals surface area contributed by atoms with Crippen molar-refractivity contribution in [3.05, 3.63) is 53.6 Å². The molecule has 0 spiro atoms. The van der Waals surface area contributed by atoms with Crippen molar-refractivity contribution in [2.75, 3.05) is 35.8 Å². The Labute approximate surface area is 190 Å². The zero-order valence-corrected chi connectivity index (χ0v) is 19.3. The number of carboxylic acid groups (broad SMARTS) is 1. The minimum absolute atomic E-state index is 0.0437. The molecule has 2 heterocycles. The highest BCUT2D eigenvalue weighted by atomic mass is 32.2. The molecule has 2 fully saturated rings. The first-order valence-electron chi connectivity index (χ1n) is 11.3. The van der Waals surface area contributed by atoms with Crippen LogP contribution in [0.15, 0.2) is 47.4 Å². The Kier molecular flexibility index (Phi) is 6.71. The summed E-state index contributed by atoms with van der Waals surface area (Å²) in [5, 5.41) is 9.76. The van der Waals surface area contributed by atoms with E-state index >= 15 is 0 Å². The van der Waals surface area contributed by atoms with Crippen LogP contribution in [0.25, 0.3) is 0 Å². The molecule has 0 atom stereocenters. The maximum Gasteiger partial charge on any atom is 0.337 e. The van der Waals surface area contributed by atoms with Gasteiger partial charge in [-0.15, -0.1) is 0 Å². The Morgan fingerprint density at radius 2 is 1.69 bits per heavy atom. The highest BCUT2D eigenvalue weighted by Crippen LogP contribution is 2.29. The average molecular weight is 458 g/mol. The quantitative estimate of drug-likeness (QED) is 0.683. The summed E-state index contributed by atoms with van der Waals surface area (Å²) in [7, 11) is -3.89.